The Morgan fingerprint density at radius 1 is 1.19 bits per heavy atom. The summed E-state index contributed by atoms with van der Waals surface area (Å²) in [5.41, 5.74) is 0.588. The van der Waals surface area contributed by atoms with E-state index in [1.54, 1.807) is 13.0 Å². The lowest BCUT2D eigenvalue weighted by molar-refractivity contribution is -0.133. The van der Waals surface area contributed by atoms with Gasteiger partial charge in [-0.3, -0.25) is 19.3 Å². The van der Waals surface area contributed by atoms with Crippen LogP contribution in [-0.4, -0.2) is 66.2 Å². The summed E-state index contributed by atoms with van der Waals surface area (Å²) in [7, 11) is 0. The number of ketones is 1. The lowest BCUT2D eigenvalue weighted by atomic mass is 10.1. The predicted molar refractivity (Wildman–Crippen MR) is 96.0 cm³/mol. The lowest BCUT2D eigenvalue weighted by Crippen LogP contribution is -2.51. The van der Waals surface area contributed by atoms with Crippen LogP contribution in [0, 0.1) is 6.92 Å². The first-order valence-electron chi connectivity index (χ1n) is 9.32. The normalized spacial score (nSPS) is 18.0. The van der Waals surface area contributed by atoms with E-state index in [1.165, 1.54) is 6.92 Å². The van der Waals surface area contributed by atoms with Crippen molar-refractivity contribution in [2.75, 3.05) is 32.7 Å². The highest BCUT2D eigenvalue weighted by Gasteiger charge is 2.26. The summed E-state index contributed by atoms with van der Waals surface area (Å²) in [4.78, 5) is 39.6. The van der Waals surface area contributed by atoms with Crippen molar-refractivity contribution in [2.24, 2.45) is 0 Å². The zero-order chi connectivity index (χ0) is 18.7. The van der Waals surface area contributed by atoms with Gasteiger partial charge in [0.15, 0.2) is 5.78 Å². The van der Waals surface area contributed by atoms with Crippen molar-refractivity contribution < 1.29 is 18.8 Å². The van der Waals surface area contributed by atoms with Crippen LogP contribution in [0.25, 0.3) is 0 Å². The van der Waals surface area contributed by atoms with E-state index in [1.807, 2.05) is 4.90 Å². The Balaban J connectivity index is 1.40. The molecule has 1 N–H and O–H groups in total. The Bertz CT molecular complexity index is 685. The highest BCUT2D eigenvalue weighted by Crippen LogP contribution is 2.19. The third-order valence-corrected chi connectivity index (χ3v) is 4.97. The molecule has 1 aromatic rings. The second kappa shape index (κ2) is 8.03. The van der Waals surface area contributed by atoms with Crippen molar-refractivity contribution in [3.8, 4) is 0 Å². The highest BCUT2D eigenvalue weighted by atomic mass is 16.3. The number of piperazine rings is 1. The van der Waals surface area contributed by atoms with E-state index in [9.17, 15) is 14.4 Å². The van der Waals surface area contributed by atoms with Crippen LogP contribution in [0.3, 0.4) is 0 Å². The maximum Gasteiger partial charge on any atom is 0.234 e. The molecule has 0 atom stereocenters. The summed E-state index contributed by atoms with van der Waals surface area (Å²) in [5, 5.41) is 2.99. The first-order valence-corrected chi connectivity index (χ1v) is 9.32. The van der Waals surface area contributed by atoms with E-state index in [-0.39, 0.29) is 17.6 Å². The summed E-state index contributed by atoms with van der Waals surface area (Å²) in [6, 6.07) is 2.13. The molecular formula is C19H27N3O4. The average Bonchev–Trinajstić information content (AvgIpc) is 3.32. The molecule has 3 rings (SSSR count). The van der Waals surface area contributed by atoms with Gasteiger partial charge in [-0.2, -0.15) is 0 Å². The SMILES string of the molecule is CC(=O)c1cc(CCC(=O)N2CCN(CC(=O)NC3CC3)CC2)oc1C. The number of hydrogen-bond donors (Lipinski definition) is 1. The Hall–Kier alpha value is -2.15. The molecule has 2 heterocycles. The number of rotatable bonds is 7. The van der Waals surface area contributed by atoms with Crippen LogP contribution in [0.2, 0.25) is 0 Å². The molecule has 7 heteroatoms. The number of carbonyl (C=O) groups excluding carboxylic acids is 3. The molecule has 26 heavy (non-hydrogen) atoms. The van der Waals surface area contributed by atoms with E-state index in [0.717, 1.165) is 25.9 Å². The van der Waals surface area contributed by atoms with Crippen LogP contribution < -0.4 is 5.32 Å². The number of nitrogens with one attached hydrogen (secondary N) is 1. The quantitative estimate of drug-likeness (QED) is 0.737. The van der Waals surface area contributed by atoms with E-state index in [4.69, 9.17) is 4.42 Å². The van der Waals surface area contributed by atoms with Gasteiger partial charge in [0, 0.05) is 45.1 Å². The summed E-state index contributed by atoms with van der Waals surface area (Å²) in [5.74, 6) is 1.44. The first kappa shape index (κ1) is 18.6. The maximum atomic E-state index is 12.4. The van der Waals surface area contributed by atoms with Crippen molar-refractivity contribution in [3.63, 3.8) is 0 Å². The van der Waals surface area contributed by atoms with Crippen LogP contribution in [0.1, 0.15) is 48.1 Å². The molecule has 1 aliphatic heterocycles. The number of carbonyl (C=O) groups is 3. The van der Waals surface area contributed by atoms with E-state index >= 15 is 0 Å². The summed E-state index contributed by atoms with van der Waals surface area (Å²) in [6.07, 6.45) is 3.05. The van der Waals surface area contributed by atoms with Gasteiger partial charge >= 0.3 is 0 Å². The Labute approximate surface area is 153 Å². The largest absolute Gasteiger partial charge is 0.466 e. The number of hydrogen-bond acceptors (Lipinski definition) is 5. The molecule has 0 spiro atoms. The van der Waals surface area contributed by atoms with Gasteiger partial charge in [-0.25, -0.2) is 0 Å². The molecule has 0 aromatic carbocycles. The third-order valence-electron chi connectivity index (χ3n) is 4.97. The van der Waals surface area contributed by atoms with Gasteiger partial charge in [0.05, 0.1) is 12.1 Å². The fourth-order valence-corrected chi connectivity index (χ4v) is 3.26. The second-order valence-electron chi connectivity index (χ2n) is 7.24. The smallest absolute Gasteiger partial charge is 0.234 e. The van der Waals surface area contributed by atoms with Crippen LogP contribution in [0.5, 0.6) is 0 Å². The molecule has 1 aliphatic carbocycles. The number of aryl methyl sites for hydroxylation is 2. The van der Waals surface area contributed by atoms with E-state index in [0.29, 0.717) is 55.6 Å². The molecule has 142 valence electrons. The molecule has 0 radical (unpaired) electrons. The minimum absolute atomic E-state index is 0.0225. The van der Waals surface area contributed by atoms with Gasteiger partial charge in [-0.1, -0.05) is 0 Å². The predicted octanol–water partition coefficient (Wildman–Crippen LogP) is 1.15. The van der Waals surface area contributed by atoms with Gasteiger partial charge in [0.2, 0.25) is 11.8 Å². The number of amides is 2. The van der Waals surface area contributed by atoms with Gasteiger partial charge in [0.1, 0.15) is 11.5 Å². The van der Waals surface area contributed by atoms with E-state index < -0.39 is 0 Å². The average molecular weight is 361 g/mol. The van der Waals surface area contributed by atoms with Crippen molar-refractivity contribution in [1.82, 2.24) is 15.1 Å². The Kier molecular flexibility index (Phi) is 5.76. The fraction of sp³-hybridized carbons (Fsp3) is 0.632. The summed E-state index contributed by atoms with van der Waals surface area (Å²) < 4.78 is 5.57. The fourth-order valence-electron chi connectivity index (χ4n) is 3.26. The monoisotopic (exact) mass is 361 g/mol. The van der Waals surface area contributed by atoms with Gasteiger partial charge in [-0.05, 0) is 32.8 Å². The Morgan fingerprint density at radius 2 is 1.88 bits per heavy atom. The zero-order valence-electron chi connectivity index (χ0n) is 15.5. The number of furan rings is 1. The molecule has 1 aromatic heterocycles. The number of nitrogens with zero attached hydrogens (tertiary/aromatic N) is 2. The molecule has 2 fully saturated rings. The molecule has 1 saturated heterocycles. The molecule has 2 aliphatic rings. The van der Waals surface area contributed by atoms with Crippen molar-refractivity contribution in [1.29, 1.82) is 0 Å². The minimum atomic E-state index is -0.0225. The van der Waals surface area contributed by atoms with Gasteiger partial charge in [0.25, 0.3) is 0 Å². The van der Waals surface area contributed by atoms with Crippen LogP contribution in [0.15, 0.2) is 10.5 Å². The molecule has 0 unspecified atom stereocenters. The van der Waals surface area contributed by atoms with Crippen LogP contribution in [0.4, 0.5) is 0 Å². The first-order chi connectivity index (χ1) is 12.4. The number of Topliss-reactive ketones (excluding diaryl/α,β-unsaturated/α-hetero) is 1. The topological polar surface area (TPSA) is 82.9 Å². The highest BCUT2D eigenvalue weighted by molar-refractivity contribution is 5.95. The molecular weight excluding hydrogens is 334 g/mol. The van der Waals surface area contributed by atoms with Crippen molar-refractivity contribution >= 4 is 17.6 Å². The van der Waals surface area contributed by atoms with Crippen LogP contribution >= 0.6 is 0 Å². The maximum absolute atomic E-state index is 12.4. The van der Waals surface area contributed by atoms with Crippen molar-refractivity contribution in [3.05, 3.63) is 23.2 Å². The Morgan fingerprint density at radius 3 is 2.46 bits per heavy atom. The minimum Gasteiger partial charge on any atom is -0.466 e. The molecule has 1 saturated carbocycles. The third kappa shape index (κ3) is 4.94. The molecule has 7 nitrogen and oxygen atoms in total. The second-order valence-corrected chi connectivity index (χ2v) is 7.24. The van der Waals surface area contributed by atoms with Gasteiger partial charge < -0.3 is 14.6 Å². The van der Waals surface area contributed by atoms with Crippen molar-refractivity contribution in [2.45, 2.75) is 45.6 Å². The standard InChI is InChI=1S/C19H27N3O4/c1-13(23)17-11-16(26-14(17)2)5-6-19(25)22-9-7-21(8-10-22)12-18(24)20-15-3-4-15/h11,15H,3-10,12H2,1-2H3,(H,20,24). The zero-order valence-corrected chi connectivity index (χ0v) is 15.5. The van der Waals surface area contributed by atoms with Gasteiger partial charge in [-0.15, -0.1) is 0 Å². The molecule has 0 bridgehead atoms. The summed E-state index contributed by atoms with van der Waals surface area (Å²) in [6.45, 7) is 6.42. The lowest BCUT2D eigenvalue weighted by Gasteiger charge is -2.34. The molecule has 2 amide bonds. The van der Waals surface area contributed by atoms with E-state index in [2.05, 4.69) is 10.2 Å². The van der Waals surface area contributed by atoms with Crippen LogP contribution in [-0.2, 0) is 16.0 Å². The summed E-state index contributed by atoms with van der Waals surface area (Å²) >= 11 is 0.